The molecule has 2 rings (SSSR count). The lowest BCUT2D eigenvalue weighted by Crippen LogP contribution is -2.38. The first kappa shape index (κ1) is 15.6. The van der Waals surface area contributed by atoms with Crippen molar-refractivity contribution in [3.8, 4) is 5.75 Å². The summed E-state index contributed by atoms with van der Waals surface area (Å²) in [7, 11) is 1.49. The zero-order chi connectivity index (χ0) is 15.8. The third-order valence-electron chi connectivity index (χ3n) is 3.81. The predicted molar refractivity (Wildman–Crippen MR) is 80.9 cm³/mol. The maximum Gasteiger partial charge on any atom is 0.296 e. The van der Waals surface area contributed by atoms with Gasteiger partial charge in [-0.15, -0.1) is 0 Å². The number of nitrogens with zero attached hydrogens (tertiary/aromatic N) is 1. The largest absolute Gasteiger partial charge is 0.496 e. The Labute approximate surface area is 124 Å². The average molecular weight is 294 g/mol. The number of hydrogen-bond acceptors (Lipinski definition) is 5. The highest BCUT2D eigenvalue weighted by Gasteiger charge is 2.46. The van der Waals surface area contributed by atoms with Crippen LogP contribution in [0.2, 0.25) is 0 Å². The van der Waals surface area contributed by atoms with E-state index in [9.17, 15) is 10.1 Å². The molecule has 0 radical (unpaired) electrons. The number of hydrogen-bond donors (Lipinski definition) is 1. The van der Waals surface area contributed by atoms with Gasteiger partial charge in [0, 0.05) is 0 Å². The molecule has 1 aromatic carbocycles. The number of benzene rings is 1. The molecule has 1 atom stereocenters. The van der Waals surface area contributed by atoms with Gasteiger partial charge in [-0.1, -0.05) is 0 Å². The monoisotopic (exact) mass is 294 g/mol. The van der Waals surface area contributed by atoms with Crippen molar-refractivity contribution >= 4 is 11.4 Å². The summed E-state index contributed by atoms with van der Waals surface area (Å²) in [4.78, 5) is 10.8. The lowest BCUT2D eigenvalue weighted by molar-refractivity contribution is -0.384. The third kappa shape index (κ3) is 3.26. The van der Waals surface area contributed by atoms with Gasteiger partial charge in [0.25, 0.3) is 5.69 Å². The molecular weight excluding hydrogens is 272 g/mol. The van der Waals surface area contributed by atoms with Gasteiger partial charge in [0.2, 0.25) is 0 Å². The van der Waals surface area contributed by atoms with Crippen molar-refractivity contribution in [1.82, 2.24) is 0 Å². The summed E-state index contributed by atoms with van der Waals surface area (Å²) >= 11 is 0. The number of nitrogens with one attached hydrogen (secondary N) is 1. The van der Waals surface area contributed by atoms with Crippen molar-refractivity contribution in [2.24, 2.45) is 0 Å². The van der Waals surface area contributed by atoms with E-state index in [1.54, 1.807) is 12.1 Å². The SMILES string of the molecule is COc1ccc(NC2CC(C)(C)OC2(C)C)c([N+](=O)[O-])c1. The van der Waals surface area contributed by atoms with E-state index >= 15 is 0 Å². The zero-order valence-electron chi connectivity index (χ0n) is 13.1. The molecule has 6 heteroatoms. The average Bonchev–Trinajstić information content (AvgIpc) is 2.57. The lowest BCUT2D eigenvalue weighted by Gasteiger charge is -2.28. The minimum atomic E-state index is -0.404. The molecule has 1 aromatic rings. The molecule has 1 N–H and O–H groups in total. The Hall–Kier alpha value is -1.82. The van der Waals surface area contributed by atoms with E-state index in [1.807, 2.05) is 27.7 Å². The predicted octanol–water partition coefficient (Wildman–Crippen LogP) is 3.36. The van der Waals surface area contributed by atoms with E-state index in [0.29, 0.717) is 11.4 Å². The molecule has 0 spiro atoms. The molecule has 0 amide bonds. The standard InChI is InChI=1S/C15H22N2O4/c1-14(2)9-13(15(3,4)21-14)16-11-7-6-10(20-5)8-12(11)17(18)19/h6-8,13,16H,9H2,1-5H3. The van der Waals surface area contributed by atoms with E-state index < -0.39 is 10.5 Å². The highest BCUT2D eigenvalue weighted by molar-refractivity contribution is 5.64. The molecular formula is C15H22N2O4. The van der Waals surface area contributed by atoms with E-state index in [-0.39, 0.29) is 17.3 Å². The molecule has 6 nitrogen and oxygen atoms in total. The van der Waals surface area contributed by atoms with Crippen LogP contribution < -0.4 is 10.1 Å². The van der Waals surface area contributed by atoms with Crippen LogP contribution in [0.3, 0.4) is 0 Å². The van der Waals surface area contributed by atoms with Crippen LogP contribution in [0.5, 0.6) is 5.75 Å². The maximum absolute atomic E-state index is 11.2. The first-order valence-corrected chi connectivity index (χ1v) is 6.94. The van der Waals surface area contributed by atoms with Crippen LogP contribution >= 0.6 is 0 Å². The molecule has 1 aliphatic rings. The van der Waals surface area contributed by atoms with Gasteiger partial charge in [0.1, 0.15) is 11.4 Å². The molecule has 21 heavy (non-hydrogen) atoms. The highest BCUT2D eigenvalue weighted by Crippen LogP contribution is 2.40. The van der Waals surface area contributed by atoms with Gasteiger partial charge in [-0.3, -0.25) is 10.1 Å². The smallest absolute Gasteiger partial charge is 0.296 e. The van der Waals surface area contributed by atoms with E-state index in [0.717, 1.165) is 6.42 Å². The summed E-state index contributed by atoms with van der Waals surface area (Å²) in [6.07, 6.45) is 0.781. The Morgan fingerprint density at radius 2 is 2.05 bits per heavy atom. The van der Waals surface area contributed by atoms with Gasteiger partial charge in [-0.2, -0.15) is 0 Å². The molecule has 0 aliphatic carbocycles. The van der Waals surface area contributed by atoms with Crippen molar-refractivity contribution in [2.45, 2.75) is 51.4 Å². The number of methoxy groups -OCH3 is 1. The minimum Gasteiger partial charge on any atom is -0.496 e. The molecule has 116 valence electrons. The van der Waals surface area contributed by atoms with Crippen LogP contribution in [0.1, 0.15) is 34.1 Å². The van der Waals surface area contributed by atoms with Gasteiger partial charge < -0.3 is 14.8 Å². The summed E-state index contributed by atoms with van der Waals surface area (Å²) < 4.78 is 11.1. The fourth-order valence-electron chi connectivity index (χ4n) is 2.89. The Bertz CT molecular complexity index is 555. The van der Waals surface area contributed by atoms with E-state index in [4.69, 9.17) is 9.47 Å². The minimum absolute atomic E-state index is 0.000375. The van der Waals surface area contributed by atoms with Gasteiger partial charge in [0.05, 0.1) is 35.3 Å². The molecule has 0 saturated carbocycles. The summed E-state index contributed by atoms with van der Waals surface area (Å²) in [5.74, 6) is 0.467. The molecule has 1 heterocycles. The summed E-state index contributed by atoms with van der Waals surface area (Å²) in [6, 6.07) is 4.82. The molecule has 1 aliphatic heterocycles. The molecule has 0 aromatic heterocycles. The van der Waals surface area contributed by atoms with E-state index in [2.05, 4.69) is 5.32 Å². The second kappa shape index (κ2) is 5.18. The van der Waals surface area contributed by atoms with Crippen LogP contribution in [0.15, 0.2) is 18.2 Å². The quantitative estimate of drug-likeness (QED) is 0.681. The van der Waals surface area contributed by atoms with Crippen molar-refractivity contribution in [3.05, 3.63) is 28.3 Å². The van der Waals surface area contributed by atoms with Crippen molar-refractivity contribution in [1.29, 1.82) is 0 Å². The first-order valence-electron chi connectivity index (χ1n) is 6.94. The van der Waals surface area contributed by atoms with Crippen LogP contribution in [0, 0.1) is 10.1 Å². The number of nitro groups is 1. The van der Waals surface area contributed by atoms with Crippen molar-refractivity contribution < 1.29 is 14.4 Å². The van der Waals surface area contributed by atoms with E-state index in [1.165, 1.54) is 13.2 Å². The second-order valence-corrected chi connectivity index (χ2v) is 6.51. The Morgan fingerprint density at radius 3 is 2.52 bits per heavy atom. The zero-order valence-corrected chi connectivity index (χ0v) is 13.1. The van der Waals surface area contributed by atoms with Gasteiger partial charge in [0.15, 0.2) is 0 Å². The topological polar surface area (TPSA) is 73.6 Å². The van der Waals surface area contributed by atoms with Crippen LogP contribution in [-0.2, 0) is 4.74 Å². The maximum atomic E-state index is 11.2. The Morgan fingerprint density at radius 1 is 1.38 bits per heavy atom. The van der Waals surface area contributed by atoms with Crippen LogP contribution in [-0.4, -0.2) is 29.3 Å². The number of anilines is 1. The number of nitro benzene ring substituents is 1. The lowest BCUT2D eigenvalue weighted by atomic mass is 9.94. The number of rotatable bonds is 4. The van der Waals surface area contributed by atoms with Gasteiger partial charge in [-0.25, -0.2) is 0 Å². The second-order valence-electron chi connectivity index (χ2n) is 6.51. The summed E-state index contributed by atoms with van der Waals surface area (Å²) in [6.45, 7) is 8.04. The Kier molecular flexibility index (Phi) is 3.84. The molecule has 1 fully saturated rings. The van der Waals surface area contributed by atoms with Crippen molar-refractivity contribution in [3.63, 3.8) is 0 Å². The van der Waals surface area contributed by atoms with Crippen molar-refractivity contribution in [2.75, 3.05) is 12.4 Å². The molecule has 1 unspecified atom stereocenters. The van der Waals surface area contributed by atoms with Gasteiger partial charge in [-0.05, 0) is 46.2 Å². The fourth-order valence-corrected chi connectivity index (χ4v) is 2.89. The van der Waals surface area contributed by atoms with Crippen LogP contribution in [0.4, 0.5) is 11.4 Å². The third-order valence-corrected chi connectivity index (χ3v) is 3.81. The molecule has 1 saturated heterocycles. The molecule has 0 bridgehead atoms. The first-order chi connectivity index (χ1) is 9.64. The normalized spacial score (nSPS) is 22.8. The Balaban J connectivity index is 2.29. The fraction of sp³-hybridized carbons (Fsp3) is 0.600. The highest BCUT2D eigenvalue weighted by atomic mass is 16.6. The summed E-state index contributed by atoms with van der Waals surface area (Å²) in [5, 5.41) is 14.5. The van der Waals surface area contributed by atoms with Crippen LogP contribution in [0.25, 0.3) is 0 Å². The summed E-state index contributed by atoms with van der Waals surface area (Å²) in [5.41, 5.74) is -0.144. The van der Waals surface area contributed by atoms with Gasteiger partial charge >= 0.3 is 0 Å². The number of ether oxygens (including phenoxy) is 2.